The Morgan fingerprint density at radius 1 is 1.00 bits per heavy atom. The van der Waals surface area contributed by atoms with Crippen molar-refractivity contribution in [2.45, 2.75) is 32.2 Å². The SMILES string of the molecule is COc1cc(C2Nc3c(OCC(C)C)cccc3C3C=CCC32)cc(OC)c1OC. The highest BCUT2D eigenvalue weighted by Gasteiger charge is 2.39. The zero-order valence-corrected chi connectivity index (χ0v) is 18.4. The van der Waals surface area contributed by atoms with Crippen molar-refractivity contribution in [3.8, 4) is 23.0 Å². The fourth-order valence-corrected chi connectivity index (χ4v) is 4.58. The number of nitrogens with one attached hydrogen (secondary N) is 1. The highest BCUT2D eigenvalue weighted by molar-refractivity contribution is 5.68. The van der Waals surface area contributed by atoms with Gasteiger partial charge in [0.1, 0.15) is 5.75 Å². The molecule has 0 spiro atoms. The molecule has 1 aliphatic heterocycles. The molecule has 4 rings (SSSR count). The summed E-state index contributed by atoms with van der Waals surface area (Å²) in [6.07, 6.45) is 5.65. The number of benzene rings is 2. The van der Waals surface area contributed by atoms with Gasteiger partial charge in [-0.25, -0.2) is 0 Å². The molecule has 0 saturated heterocycles. The number of methoxy groups -OCH3 is 3. The summed E-state index contributed by atoms with van der Waals surface area (Å²) >= 11 is 0. The number of anilines is 1. The summed E-state index contributed by atoms with van der Waals surface area (Å²) in [5.74, 6) is 4.11. The van der Waals surface area contributed by atoms with E-state index in [1.54, 1.807) is 21.3 Å². The number of hydrogen-bond donors (Lipinski definition) is 1. The molecule has 2 aromatic rings. The second kappa shape index (κ2) is 8.50. The third-order valence-electron chi connectivity index (χ3n) is 5.98. The van der Waals surface area contributed by atoms with Gasteiger partial charge in [0, 0.05) is 5.92 Å². The summed E-state index contributed by atoms with van der Waals surface area (Å²) in [5, 5.41) is 3.80. The standard InChI is InChI=1S/C25H31NO4/c1-15(2)14-30-20-11-7-10-19-17-8-6-9-18(17)23(26-24(19)20)16-12-21(27-3)25(29-5)22(13-16)28-4/h6-8,10-13,15,17-18,23,26H,9,14H2,1-5H3. The van der Waals surface area contributed by atoms with E-state index in [0.29, 0.717) is 41.6 Å². The van der Waals surface area contributed by atoms with Gasteiger partial charge in [-0.3, -0.25) is 0 Å². The maximum absolute atomic E-state index is 6.17. The molecule has 1 N–H and O–H groups in total. The summed E-state index contributed by atoms with van der Waals surface area (Å²) in [6, 6.07) is 10.6. The van der Waals surface area contributed by atoms with Crippen LogP contribution < -0.4 is 24.3 Å². The van der Waals surface area contributed by atoms with Gasteiger partial charge < -0.3 is 24.3 Å². The predicted octanol–water partition coefficient (Wildman–Crippen LogP) is 5.57. The molecule has 2 aromatic carbocycles. The van der Waals surface area contributed by atoms with E-state index in [1.165, 1.54) is 5.56 Å². The van der Waals surface area contributed by atoms with Gasteiger partial charge in [0.25, 0.3) is 0 Å². The number of para-hydroxylation sites is 1. The molecule has 160 valence electrons. The molecule has 0 saturated carbocycles. The van der Waals surface area contributed by atoms with Crippen LogP contribution >= 0.6 is 0 Å². The second-order valence-electron chi connectivity index (χ2n) is 8.36. The Kier molecular flexibility index (Phi) is 5.80. The molecule has 30 heavy (non-hydrogen) atoms. The lowest BCUT2D eigenvalue weighted by Gasteiger charge is -2.38. The third-order valence-corrected chi connectivity index (χ3v) is 5.98. The van der Waals surface area contributed by atoms with Crippen molar-refractivity contribution in [3.63, 3.8) is 0 Å². The number of fused-ring (bicyclic) bond motifs is 3. The topological polar surface area (TPSA) is 49.0 Å². The molecule has 0 radical (unpaired) electrons. The van der Waals surface area contributed by atoms with Gasteiger partial charge in [-0.05, 0) is 47.6 Å². The summed E-state index contributed by atoms with van der Waals surface area (Å²) < 4.78 is 22.9. The summed E-state index contributed by atoms with van der Waals surface area (Å²) in [7, 11) is 4.94. The molecule has 1 heterocycles. The van der Waals surface area contributed by atoms with Gasteiger partial charge >= 0.3 is 0 Å². The van der Waals surface area contributed by atoms with Crippen LogP contribution in [0.15, 0.2) is 42.5 Å². The first-order valence-electron chi connectivity index (χ1n) is 10.6. The highest BCUT2D eigenvalue weighted by Crippen LogP contribution is 2.53. The monoisotopic (exact) mass is 409 g/mol. The Morgan fingerprint density at radius 3 is 2.37 bits per heavy atom. The minimum absolute atomic E-state index is 0.106. The van der Waals surface area contributed by atoms with Crippen molar-refractivity contribution in [3.05, 3.63) is 53.6 Å². The van der Waals surface area contributed by atoms with Crippen molar-refractivity contribution >= 4 is 5.69 Å². The van der Waals surface area contributed by atoms with Crippen molar-refractivity contribution in [2.24, 2.45) is 11.8 Å². The normalized spacial score (nSPS) is 21.6. The van der Waals surface area contributed by atoms with Gasteiger partial charge in [-0.2, -0.15) is 0 Å². The van der Waals surface area contributed by atoms with Crippen LogP contribution in [0.3, 0.4) is 0 Å². The average molecular weight is 410 g/mol. The van der Waals surface area contributed by atoms with E-state index in [-0.39, 0.29) is 6.04 Å². The Hall–Kier alpha value is -2.82. The van der Waals surface area contributed by atoms with Crippen LogP contribution in [0.4, 0.5) is 5.69 Å². The van der Waals surface area contributed by atoms with Crippen molar-refractivity contribution in [1.29, 1.82) is 0 Å². The van der Waals surface area contributed by atoms with Crippen LogP contribution in [0, 0.1) is 11.8 Å². The van der Waals surface area contributed by atoms with Crippen LogP contribution in [-0.2, 0) is 0 Å². The molecule has 2 aliphatic rings. The number of hydrogen-bond acceptors (Lipinski definition) is 5. The van der Waals surface area contributed by atoms with Crippen LogP contribution in [0.2, 0.25) is 0 Å². The minimum Gasteiger partial charge on any atom is -0.493 e. The van der Waals surface area contributed by atoms with Crippen molar-refractivity contribution in [1.82, 2.24) is 0 Å². The summed E-state index contributed by atoms with van der Waals surface area (Å²) in [4.78, 5) is 0. The van der Waals surface area contributed by atoms with E-state index in [2.05, 4.69) is 61.6 Å². The zero-order chi connectivity index (χ0) is 21.3. The lowest BCUT2D eigenvalue weighted by Crippen LogP contribution is -2.29. The molecule has 3 atom stereocenters. The molecule has 0 aromatic heterocycles. The predicted molar refractivity (Wildman–Crippen MR) is 119 cm³/mol. The molecular weight excluding hydrogens is 378 g/mol. The molecule has 0 bridgehead atoms. The highest BCUT2D eigenvalue weighted by atomic mass is 16.5. The van der Waals surface area contributed by atoms with Crippen LogP contribution in [0.5, 0.6) is 23.0 Å². The maximum atomic E-state index is 6.17. The van der Waals surface area contributed by atoms with Crippen LogP contribution in [-0.4, -0.2) is 27.9 Å². The lowest BCUT2D eigenvalue weighted by molar-refractivity contribution is 0.270. The lowest BCUT2D eigenvalue weighted by atomic mass is 9.77. The Morgan fingerprint density at radius 2 is 1.73 bits per heavy atom. The molecule has 0 amide bonds. The van der Waals surface area contributed by atoms with Crippen LogP contribution in [0.1, 0.15) is 43.4 Å². The molecule has 5 nitrogen and oxygen atoms in total. The minimum atomic E-state index is 0.106. The van der Waals surface area contributed by atoms with E-state index in [9.17, 15) is 0 Å². The maximum Gasteiger partial charge on any atom is 0.203 e. The summed E-state index contributed by atoms with van der Waals surface area (Å²) in [6.45, 7) is 5.02. The smallest absolute Gasteiger partial charge is 0.203 e. The number of allylic oxidation sites excluding steroid dienone is 2. The van der Waals surface area contributed by atoms with Gasteiger partial charge in [0.2, 0.25) is 5.75 Å². The second-order valence-corrected chi connectivity index (χ2v) is 8.36. The van der Waals surface area contributed by atoms with Gasteiger partial charge in [-0.15, -0.1) is 0 Å². The molecule has 5 heteroatoms. The van der Waals surface area contributed by atoms with Gasteiger partial charge in [0.05, 0.1) is 39.7 Å². The number of ether oxygens (including phenoxy) is 4. The van der Waals surface area contributed by atoms with Gasteiger partial charge in [0.15, 0.2) is 11.5 Å². The molecule has 0 fully saturated rings. The molecule has 1 aliphatic carbocycles. The fraction of sp³-hybridized carbons (Fsp3) is 0.440. The molecule has 3 unspecified atom stereocenters. The van der Waals surface area contributed by atoms with Crippen molar-refractivity contribution in [2.75, 3.05) is 33.3 Å². The Labute approximate surface area is 179 Å². The van der Waals surface area contributed by atoms with Crippen LogP contribution in [0.25, 0.3) is 0 Å². The number of rotatable bonds is 7. The Balaban J connectivity index is 1.77. The van der Waals surface area contributed by atoms with E-state index >= 15 is 0 Å². The first-order chi connectivity index (χ1) is 14.6. The largest absolute Gasteiger partial charge is 0.493 e. The average Bonchev–Trinajstić information content (AvgIpc) is 3.26. The van der Waals surface area contributed by atoms with E-state index in [0.717, 1.165) is 23.4 Å². The van der Waals surface area contributed by atoms with Gasteiger partial charge in [-0.1, -0.05) is 38.1 Å². The fourth-order valence-electron chi connectivity index (χ4n) is 4.58. The van der Waals surface area contributed by atoms with E-state index in [1.807, 2.05) is 0 Å². The Bertz CT molecular complexity index is 912. The molecular formula is C25H31NO4. The zero-order valence-electron chi connectivity index (χ0n) is 18.4. The first kappa shape index (κ1) is 20.5. The quantitative estimate of drug-likeness (QED) is 0.606. The van der Waals surface area contributed by atoms with E-state index in [4.69, 9.17) is 18.9 Å². The summed E-state index contributed by atoms with van der Waals surface area (Å²) in [5.41, 5.74) is 3.51. The van der Waals surface area contributed by atoms with Crippen molar-refractivity contribution < 1.29 is 18.9 Å². The van der Waals surface area contributed by atoms with E-state index < -0.39 is 0 Å². The third kappa shape index (κ3) is 3.57. The first-order valence-corrected chi connectivity index (χ1v) is 10.6.